The number of primary amides is 1. The molecule has 3 N–H and O–H groups in total. The predicted octanol–water partition coefficient (Wildman–Crippen LogP) is 3.97. The summed E-state index contributed by atoms with van der Waals surface area (Å²) in [5, 5.41) is 11.0. The van der Waals surface area contributed by atoms with Gasteiger partial charge in [0.15, 0.2) is 0 Å². The highest BCUT2D eigenvalue weighted by atomic mass is 19.1. The third-order valence-electron chi connectivity index (χ3n) is 7.01. The van der Waals surface area contributed by atoms with Gasteiger partial charge in [-0.2, -0.15) is 0 Å². The zero-order valence-electron chi connectivity index (χ0n) is 18.6. The molecule has 5 rings (SSSR count). The highest BCUT2D eigenvalue weighted by Gasteiger charge is 2.50. The van der Waals surface area contributed by atoms with E-state index in [1.54, 1.807) is 18.6 Å². The summed E-state index contributed by atoms with van der Waals surface area (Å²) < 4.78 is 17.1. The highest BCUT2D eigenvalue weighted by Crippen LogP contribution is 2.47. The fourth-order valence-electron chi connectivity index (χ4n) is 5.47. The van der Waals surface area contributed by atoms with Crippen LogP contribution in [0.1, 0.15) is 42.5 Å². The van der Waals surface area contributed by atoms with Gasteiger partial charge in [-0.1, -0.05) is 24.6 Å². The summed E-state index contributed by atoms with van der Waals surface area (Å²) >= 11 is 0. The Morgan fingerprint density at radius 1 is 1.21 bits per heavy atom. The molecule has 0 spiro atoms. The van der Waals surface area contributed by atoms with Gasteiger partial charge in [0.05, 0.1) is 17.6 Å². The molecule has 0 radical (unpaired) electrons. The minimum Gasteiger partial charge on any atom is -0.387 e. The first-order chi connectivity index (χ1) is 15.9. The smallest absolute Gasteiger partial charge is 0.255 e. The number of hydrogen-bond acceptors (Lipinski definition) is 3. The van der Waals surface area contributed by atoms with E-state index in [1.807, 2.05) is 48.0 Å². The summed E-state index contributed by atoms with van der Waals surface area (Å²) in [4.78, 5) is 16.6. The first-order valence-corrected chi connectivity index (χ1v) is 11.4. The Balaban J connectivity index is 1.61. The first-order valence-electron chi connectivity index (χ1n) is 11.4. The maximum atomic E-state index is 15.0. The van der Waals surface area contributed by atoms with E-state index in [9.17, 15) is 14.3 Å². The van der Waals surface area contributed by atoms with E-state index in [2.05, 4.69) is 4.98 Å². The van der Waals surface area contributed by atoms with Crippen molar-refractivity contribution < 1.29 is 14.3 Å². The van der Waals surface area contributed by atoms with Crippen molar-refractivity contribution in [3.8, 4) is 5.69 Å². The van der Waals surface area contributed by atoms with Crippen molar-refractivity contribution in [1.29, 1.82) is 0 Å². The lowest BCUT2D eigenvalue weighted by Gasteiger charge is -2.44. The molecule has 1 aromatic heterocycles. The standard InChI is InChI=1S/C26H27FN4O2/c1-17-13-30(16-29-17)19-11-9-18(10-12-19)14-31(22-6-2-3-8-24(22)32)15-20(26(28)33)25-21(27)5-4-7-23(25)31/h4-5,7,9-13,15-16,22,24,32H,2-3,6,8,14H2,1H3,(H-,28,33)/p+1/t22-,24-,31?/m0/s1. The number of nitrogens with two attached hydrogens (primary N) is 1. The molecule has 0 bridgehead atoms. The molecular weight excluding hydrogens is 419 g/mol. The average molecular weight is 448 g/mol. The summed E-state index contributed by atoms with van der Waals surface area (Å²) in [6.07, 6.45) is 8.37. The molecular formula is C26H28FN4O2+. The third-order valence-corrected chi connectivity index (χ3v) is 7.01. The number of benzene rings is 2. The molecule has 2 aromatic carbocycles. The second-order valence-corrected chi connectivity index (χ2v) is 9.14. The largest absolute Gasteiger partial charge is 0.387 e. The molecule has 0 saturated heterocycles. The second kappa shape index (κ2) is 8.24. The zero-order chi connectivity index (χ0) is 23.2. The highest BCUT2D eigenvalue weighted by molar-refractivity contribution is 6.22. The van der Waals surface area contributed by atoms with Gasteiger partial charge >= 0.3 is 0 Å². The lowest BCUT2D eigenvalue weighted by molar-refractivity contribution is -0.112. The van der Waals surface area contributed by atoms with Crippen LogP contribution in [0.25, 0.3) is 11.3 Å². The summed E-state index contributed by atoms with van der Waals surface area (Å²) in [5.41, 5.74) is 9.77. The van der Waals surface area contributed by atoms with E-state index in [0.717, 1.165) is 36.2 Å². The van der Waals surface area contributed by atoms with E-state index >= 15 is 0 Å². The van der Waals surface area contributed by atoms with Gasteiger partial charge in [0.25, 0.3) is 5.91 Å². The van der Waals surface area contributed by atoms with Crippen molar-refractivity contribution in [2.24, 2.45) is 5.73 Å². The van der Waals surface area contributed by atoms with Crippen molar-refractivity contribution >= 4 is 17.2 Å². The van der Waals surface area contributed by atoms with Crippen molar-refractivity contribution in [2.45, 2.75) is 51.3 Å². The Morgan fingerprint density at radius 2 is 1.97 bits per heavy atom. The number of quaternary nitrogens is 1. The molecule has 1 aliphatic heterocycles. The molecule has 3 aromatic rings. The average Bonchev–Trinajstić information content (AvgIpc) is 3.38. The molecule has 1 aliphatic carbocycles. The zero-order valence-corrected chi connectivity index (χ0v) is 18.6. The van der Waals surface area contributed by atoms with Gasteiger partial charge in [-0.3, -0.25) is 9.28 Å². The van der Waals surface area contributed by atoms with Gasteiger partial charge < -0.3 is 15.4 Å². The van der Waals surface area contributed by atoms with Crippen LogP contribution in [-0.2, 0) is 11.3 Å². The molecule has 1 saturated carbocycles. The molecule has 1 fully saturated rings. The fraction of sp³-hybridized carbons (Fsp3) is 0.308. The molecule has 2 heterocycles. The van der Waals surface area contributed by atoms with Crippen LogP contribution in [0.5, 0.6) is 0 Å². The monoisotopic (exact) mass is 447 g/mol. The molecule has 6 nitrogen and oxygen atoms in total. The minimum absolute atomic E-state index is 0.186. The number of imidazole rings is 1. The number of amides is 1. The Bertz CT molecular complexity index is 1230. The van der Waals surface area contributed by atoms with E-state index in [0.29, 0.717) is 18.7 Å². The van der Waals surface area contributed by atoms with Gasteiger partial charge in [-0.05, 0) is 38.0 Å². The van der Waals surface area contributed by atoms with Crippen LogP contribution in [0, 0.1) is 12.7 Å². The number of hydrogen-bond donors (Lipinski definition) is 2. The SMILES string of the molecule is Cc1cn(-c2ccc(C[N+]3([C@H]4CCCC[C@@H]4O)C=C(C(N)=O)c4c(F)cccc43)cc2)cn1. The third kappa shape index (κ3) is 3.67. The maximum Gasteiger partial charge on any atom is 0.255 e. The number of fused-ring (bicyclic) bond motifs is 1. The van der Waals surface area contributed by atoms with E-state index < -0.39 is 17.8 Å². The topological polar surface area (TPSA) is 81.1 Å². The predicted molar refractivity (Wildman–Crippen MR) is 126 cm³/mol. The number of halogens is 1. The number of rotatable bonds is 5. The maximum absolute atomic E-state index is 15.0. The van der Waals surface area contributed by atoms with E-state index in [-0.39, 0.29) is 21.7 Å². The number of aliphatic hydroxyl groups excluding tert-OH is 1. The fourth-order valence-corrected chi connectivity index (χ4v) is 5.47. The lowest BCUT2D eigenvalue weighted by atomic mass is 9.88. The number of carbonyl (C=O) groups is 1. The molecule has 7 heteroatoms. The van der Waals surface area contributed by atoms with Crippen LogP contribution in [0.4, 0.5) is 10.1 Å². The van der Waals surface area contributed by atoms with Crippen molar-refractivity contribution in [1.82, 2.24) is 14.0 Å². The Labute approximate surface area is 192 Å². The molecule has 1 amide bonds. The van der Waals surface area contributed by atoms with Gasteiger partial charge in [0.1, 0.15) is 42.0 Å². The van der Waals surface area contributed by atoms with Crippen molar-refractivity contribution in [3.05, 3.63) is 83.8 Å². The molecule has 3 atom stereocenters. The second-order valence-electron chi connectivity index (χ2n) is 9.14. The summed E-state index contributed by atoms with van der Waals surface area (Å²) in [6.45, 7) is 2.43. The van der Waals surface area contributed by atoms with Crippen LogP contribution in [0.2, 0.25) is 0 Å². The van der Waals surface area contributed by atoms with E-state index in [1.165, 1.54) is 6.07 Å². The minimum atomic E-state index is -0.655. The van der Waals surface area contributed by atoms with Crippen molar-refractivity contribution in [2.75, 3.05) is 0 Å². The summed E-state index contributed by atoms with van der Waals surface area (Å²) in [6, 6.07) is 12.8. The quantitative estimate of drug-likeness (QED) is 0.581. The number of aliphatic hydroxyl groups is 1. The van der Waals surface area contributed by atoms with Crippen LogP contribution < -0.4 is 10.2 Å². The van der Waals surface area contributed by atoms with Gasteiger partial charge in [0, 0.05) is 29.9 Å². The van der Waals surface area contributed by atoms with Gasteiger partial charge in [-0.15, -0.1) is 0 Å². The van der Waals surface area contributed by atoms with Crippen LogP contribution in [0.15, 0.2) is 61.2 Å². The Morgan fingerprint density at radius 3 is 2.64 bits per heavy atom. The van der Waals surface area contributed by atoms with Crippen LogP contribution in [0.3, 0.4) is 0 Å². The number of carbonyl (C=O) groups excluding carboxylic acids is 1. The van der Waals surface area contributed by atoms with Gasteiger partial charge in [0.2, 0.25) is 0 Å². The molecule has 33 heavy (non-hydrogen) atoms. The summed E-state index contributed by atoms with van der Waals surface area (Å²) in [7, 11) is 0. The van der Waals surface area contributed by atoms with Crippen LogP contribution in [-0.4, -0.2) is 32.7 Å². The summed E-state index contributed by atoms with van der Waals surface area (Å²) in [5.74, 6) is -1.12. The number of aryl methyl sites for hydroxylation is 1. The van der Waals surface area contributed by atoms with Gasteiger partial charge in [-0.25, -0.2) is 9.37 Å². The normalized spacial score (nSPS) is 24.4. The number of aromatic nitrogens is 2. The van der Waals surface area contributed by atoms with E-state index in [4.69, 9.17) is 5.73 Å². The molecule has 170 valence electrons. The first kappa shape index (κ1) is 21.6. The Hall–Kier alpha value is -3.29. The lowest BCUT2D eigenvalue weighted by Crippen LogP contribution is -2.57. The Kier molecular flexibility index (Phi) is 5.38. The van der Waals surface area contributed by atoms with Crippen LogP contribution >= 0.6 is 0 Å². The molecule has 2 aliphatic rings. The van der Waals surface area contributed by atoms with Crippen molar-refractivity contribution in [3.63, 3.8) is 0 Å². The number of nitrogens with zero attached hydrogens (tertiary/aromatic N) is 3. The molecule has 1 unspecified atom stereocenters.